The number of hydrogen-bond acceptors (Lipinski definition) is 6. The first-order chi connectivity index (χ1) is 18.7. The third-order valence-corrected chi connectivity index (χ3v) is 9.00. The SMILES string of the molecule is COc1ccc2nc(N3CCC(C(=O)N4CCN(C(c5ccccc5)c5ccccc5)CC4)CC3)sc2c1. The lowest BCUT2D eigenvalue weighted by molar-refractivity contribution is -0.138. The summed E-state index contributed by atoms with van der Waals surface area (Å²) in [6, 6.07) is 27.7. The maximum Gasteiger partial charge on any atom is 0.225 e. The second-order valence-electron chi connectivity index (χ2n) is 10.2. The number of methoxy groups -OCH3 is 1. The standard InChI is InChI=1S/C31H34N4O2S/c1-37-26-12-13-27-28(22-26)38-31(32-27)35-16-14-25(15-17-35)30(36)34-20-18-33(19-21-34)29(23-8-4-2-5-9-23)24-10-6-3-7-11-24/h2-13,22,25,29H,14-21H2,1H3. The molecular weight excluding hydrogens is 492 g/mol. The predicted molar refractivity (Wildman–Crippen MR) is 154 cm³/mol. The molecule has 0 unspecified atom stereocenters. The van der Waals surface area contributed by atoms with Crippen LogP contribution in [0.3, 0.4) is 0 Å². The minimum Gasteiger partial charge on any atom is -0.497 e. The maximum absolute atomic E-state index is 13.5. The number of anilines is 1. The van der Waals surface area contributed by atoms with E-state index in [0.717, 1.165) is 73.2 Å². The van der Waals surface area contributed by atoms with E-state index in [2.05, 4.69) is 75.4 Å². The molecule has 2 saturated heterocycles. The van der Waals surface area contributed by atoms with Gasteiger partial charge in [0.2, 0.25) is 5.91 Å². The number of carbonyl (C=O) groups is 1. The molecule has 4 aromatic rings. The van der Waals surface area contributed by atoms with E-state index in [1.54, 1.807) is 18.4 Å². The number of rotatable bonds is 6. The smallest absolute Gasteiger partial charge is 0.225 e. The molecule has 0 radical (unpaired) electrons. The van der Waals surface area contributed by atoms with Gasteiger partial charge in [0.25, 0.3) is 0 Å². The van der Waals surface area contributed by atoms with E-state index in [4.69, 9.17) is 9.72 Å². The predicted octanol–water partition coefficient (Wildman–Crippen LogP) is 5.46. The molecule has 2 fully saturated rings. The average molecular weight is 527 g/mol. The molecule has 0 spiro atoms. The van der Waals surface area contributed by atoms with Crippen LogP contribution in [0.1, 0.15) is 30.0 Å². The quantitative estimate of drug-likeness (QED) is 0.334. The van der Waals surface area contributed by atoms with Crippen LogP contribution in [-0.2, 0) is 4.79 Å². The zero-order chi connectivity index (χ0) is 25.9. The monoisotopic (exact) mass is 526 g/mol. The summed E-state index contributed by atoms with van der Waals surface area (Å²) >= 11 is 1.70. The second-order valence-corrected chi connectivity index (χ2v) is 11.2. The van der Waals surface area contributed by atoms with Crippen molar-refractivity contribution in [2.75, 3.05) is 51.3 Å². The van der Waals surface area contributed by atoms with Gasteiger partial charge in [-0.25, -0.2) is 4.98 Å². The second kappa shape index (κ2) is 11.1. The van der Waals surface area contributed by atoms with E-state index < -0.39 is 0 Å². The molecule has 3 heterocycles. The molecule has 0 N–H and O–H groups in total. The minimum atomic E-state index is 0.103. The van der Waals surface area contributed by atoms with Gasteiger partial charge >= 0.3 is 0 Å². The Balaban J connectivity index is 1.06. The molecule has 0 saturated carbocycles. The Kier molecular flexibility index (Phi) is 7.29. The Hall–Kier alpha value is -3.42. The summed E-state index contributed by atoms with van der Waals surface area (Å²) < 4.78 is 6.50. The number of piperidine rings is 1. The van der Waals surface area contributed by atoms with Crippen molar-refractivity contribution in [1.82, 2.24) is 14.8 Å². The van der Waals surface area contributed by atoms with Crippen LogP contribution in [0, 0.1) is 5.92 Å². The van der Waals surface area contributed by atoms with E-state index >= 15 is 0 Å². The van der Waals surface area contributed by atoms with Gasteiger partial charge in [-0.05, 0) is 42.2 Å². The van der Waals surface area contributed by atoms with Gasteiger partial charge in [-0.15, -0.1) is 0 Å². The van der Waals surface area contributed by atoms with Gasteiger partial charge in [-0.3, -0.25) is 9.69 Å². The summed E-state index contributed by atoms with van der Waals surface area (Å²) in [7, 11) is 1.69. The fraction of sp³-hybridized carbons (Fsp3) is 0.355. The third-order valence-electron chi connectivity index (χ3n) is 7.92. The molecular formula is C31H34N4O2S. The molecule has 196 valence electrons. The molecule has 1 amide bonds. The van der Waals surface area contributed by atoms with Crippen LogP contribution < -0.4 is 9.64 Å². The highest BCUT2D eigenvalue weighted by Crippen LogP contribution is 2.34. The van der Waals surface area contributed by atoms with Crippen molar-refractivity contribution in [2.45, 2.75) is 18.9 Å². The normalized spacial score (nSPS) is 17.3. The van der Waals surface area contributed by atoms with Gasteiger partial charge in [0.15, 0.2) is 5.13 Å². The van der Waals surface area contributed by atoms with E-state index in [-0.39, 0.29) is 12.0 Å². The van der Waals surface area contributed by atoms with Crippen LogP contribution in [0.15, 0.2) is 78.9 Å². The van der Waals surface area contributed by atoms with Crippen LogP contribution in [0.25, 0.3) is 10.2 Å². The Morgan fingerprint density at radius 3 is 2.11 bits per heavy atom. The van der Waals surface area contributed by atoms with Gasteiger partial charge in [0.1, 0.15) is 5.75 Å². The van der Waals surface area contributed by atoms with E-state index in [1.165, 1.54) is 11.1 Å². The topological polar surface area (TPSA) is 48.9 Å². The highest BCUT2D eigenvalue weighted by molar-refractivity contribution is 7.22. The van der Waals surface area contributed by atoms with Gasteiger partial charge < -0.3 is 14.5 Å². The van der Waals surface area contributed by atoms with Crippen LogP contribution >= 0.6 is 11.3 Å². The minimum absolute atomic E-state index is 0.103. The molecule has 2 aliphatic rings. The number of thiazole rings is 1. The van der Waals surface area contributed by atoms with Crippen LogP contribution in [-0.4, -0.2) is 67.1 Å². The van der Waals surface area contributed by atoms with Crippen molar-refractivity contribution >= 4 is 32.6 Å². The summed E-state index contributed by atoms with van der Waals surface area (Å²) in [6.45, 7) is 5.08. The Morgan fingerprint density at radius 2 is 1.50 bits per heavy atom. The first kappa shape index (κ1) is 24.9. The Labute approximate surface area is 228 Å². The summed E-state index contributed by atoms with van der Waals surface area (Å²) in [6.07, 6.45) is 1.77. The number of fused-ring (bicyclic) bond motifs is 1. The lowest BCUT2D eigenvalue weighted by Crippen LogP contribution is -2.52. The lowest BCUT2D eigenvalue weighted by atomic mass is 9.94. The van der Waals surface area contributed by atoms with Crippen LogP contribution in [0.2, 0.25) is 0 Å². The van der Waals surface area contributed by atoms with Crippen molar-refractivity contribution < 1.29 is 9.53 Å². The number of hydrogen-bond donors (Lipinski definition) is 0. The molecule has 3 aromatic carbocycles. The molecule has 7 heteroatoms. The van der Waals surface area contributed by atoms with Crippen molar-refractivity contribution in [3.05, 3.63) is 90.0 Å². The number of benzene rings is 3. The highest BCUT2D eigenvalue weighted by Gasteiger charge is 2.33. The number of aromatic nitrogens is 1. The summed E-state index contributed by atoms with van der Waals surface area (Å²) in [5.74, 6) is 1.29. The first-order valence-corrected chi connectivity index (χ1v) is 14.3. The van der Waals surface area contributed by atoms with Crippen molar-refractivity contribution in [3.63, 3.8) is 0 Å². The Morgan fingerprint density at radius 1 is 0.868 bits per heavy atom. The van der Waals surface area contributed by atoms with Gasteiger partial charge in [-0.1, -0.05) is 72.0 Å². The molecule has 6 nitrogen and oxygen atoms in total. The fourth-order valence-corrected chi connectivity index (χ4v) is 6.86. The summed E-state index contributed by atoms with van der Waals surface area (Å²) in [5, 5.41) is 1.04. The molecule has 0 aliphatic carbocycles. The zero-order valence-electron chi connectivity index (χ0n) is 21.8. The molecule has 0 atom stereocenters. The van der Waals surface area contributed by atoms with Crippen molar-refractivity contribution in [1.29, 1.82) is 0 Å². The maximum atomic E-state index is 13.5. The van der Waals surface area contributed by atoms with E-state index in [1.807, 2.05) is 18.2 Å². The van der Waals surface area contributed by atoms with Gasteiger partial charge in [-0.2, -0.15) is 0 Å². The summed E-state index contributed by atoms with van der Waals surface area (Å²) in [4.78, 5) is 25.3. The third kappa shape index (κ3) is 5.13. The van der Waals surface area contributed by atoms with E-state index in [9.17, 15) is 4.79 Å². The number of piperazine rings is 1. The average Bonchev–Trinajstić information content (AvgIpc) is 3.42. The number of amides is 1. The van der Waals surface area contributed by atoms with Crippen molar-refractivity contribution in [3.8, 4) is 5.75 Å². The summed E-state index contributed by atoms with van der Waals surface area (Å²) in [5.41, 5.74) is 3.62. The molecule has 2 aliphatic heterocycles. The molecule has 1 aromatic heterocycles. The van der Waals surface area contributed by atoms with Gasteiger partial charge in [0.05, 0.1) is 23.4 Å². The van der Waals surface area contributed by atoms with Crippen molar-refractivity contribution in [2.24, 2.45) is 5.92 Å². The number of carbonyl (C=O) groups excluding carboxylic acids is 1. The number of nitrogens with zero attached hydrogens (tertiary/aromatic N) is 4. The van der Waals surface area contributed by atoms with Gasteiger partial charge in [0, 0.05) is 45.2 Å². The lowest BCUT2D eigenvalue weighted by Gasteiger charge is -2.41. The van der Waals surface area contributed by atoms with Crippen LogP contribution in [0.4, 0.5) is 5.13 Å². The molecule has 6 rings (SSSR count). The fourth-order valence-electron chi connectivity index (χ4n) is 5.82. The first-order valence-electron chi connectivity index (χ1n) is 13.5. The molecule has 0 bridgehead atoms. The van der Waals surface area contributed by atoms with Crippen LogP contribution in [0.5, 0.6) is 5.75 Å². The number of ether oxygens (including phenoxy) is 1. The van der Waals surface area contributed by atoms with E-state index in [0.29, 0.717) is 5.91 Å². The zero-order valence-corrected chi connectivity index (χ0v) is 22.6. The largest absolute Gasteiger partial charge is 0.497 e. The highest BCUT2D eigenvalue weighted by atomic mass is 32.1. The Bertz CT molecular complexity index is 1320. The molecule has 38 heavy (non-hydrogen) atoms.